The van der Waals surface area contributed by atoms with Crippen LogP contribution in [0.25, 0.3) is 0 Å². The smallest absolute Gasteiger partial charge is 0.233 e. The minimum atomic E-state index is -3.37. The molecule has 0 aliphatic heterocycles. The minimum Gasteiger partial charge on any atom is -0.341 e. The number of hydrogen-bond acceptors (Lipinski definition) is 2. The van der Waals surface area contributed by atoms with Gasteiger partial charge in [-0.1, -0.05) is 25.1 Å². The molecule has 2 unspecified atom stereocenters. The van der Waals surface area contributed by atoms with Crippen molar-refractivity contribution >= 4 is 12.7 Å². The van der Waals surface area contributed by atoms with Crippen LogP contribution in [0.3, 0.4) is 0 Å². The van der Waals surface area contributed by atoms with E-state index in [1.54, 1.807) is 37.3 Å². The van der Waals surface area contributed by atoms with Gasteiger partial charge in [0, 0.05) is 11.7 Å². The van der Waals surface area contributed by atoms with Crippen molar-refractivity contribution in [2.75, 3.05) is 0 Å². The highest BCUT2D eigenvalue weighted by molar-refractivity contribution is 7.66. The number of benzene rings is 1. The summed E-state index contributed by atoms with van der Waals surface area (Å²) in [7, 11) is -3.37. The molecule has 0 spiro atoms. The lowest BCUT2D eigenvalue weighted by Crippen LogP contribution is -2.13. The van der Waals surface area contributed by atoms with Gasteiger partial charge in [-0.3, -0.25) is 4.57 Å². The standard InChI is InChI=1S/C10H12NO2P/c1-9(7-8-11)14(12,13)10-5-3-2-4-6-10/h2-6,9H,7H2,1H3,(H,12,13). The molecule has 0 heterocycles. The summed E-state index contributed by atoms with van der Waals surface area (Å²) in [5.41, 5.74) is -0.505. The summed E-state index contributed by atoms with van der Waals surface area (Å²) in [5, 5.41) is 8.88. The Kier molecular flexibility index (Phi) is 3.46. The number of rotatable bonds is 3. The van der Waals surface area contributed by atoms with Gasteiger partial charge in [-0.05, 0) is 12.1 Å². The molecule has 0 saturated carbocycles. The molecule has 2 atom stereocenters. The zero-order chi connectivity index (χ0) is 10.6. The molecule has 0 aromatic heterocycles. The van der Waals surface area contributed by atoms with Crippen molar-refractivity contribution in [1.29, 1.82) is 5.26 Å². The van der Waals surface area contributed by atoms with E-state index in [-0.39, 0.29) is 6.42 Å². The predicted molar refractivity (Wildman–Crippen MR) is 55.6 cm³/mol. The minimum absolute atomic E-state index is 0.0999. The maximum Gasteiger partial charge on any atom is 0.233 e. The Labute approximate surface area is 83.5 Å². The molecule has 0 saturated heterocycles. The maximum atomic E-state index is 11.9. The second-order valence-corrected chi connectivity index (χ2v) is 5.81. The normalized spacial score (nSPS) is 16.6. The van der Waals surface area contributed by atoms with E-state index in [2.05, 4.69) is 0 Å². The lowest BCUT2D eigenvalue weighted by molar-refractivity contribution is 0.478. The van der Waals surface area contributed by atoms with Crippen LogP contribution in [-0.2, 0) is 4.57 Å². The van der Waals surface area contributed by atoms with Gasteiger partial charge in [0.15, 0.2) is 0 Å². The van der Waals surface area contributed by atoms with Crippen molar-refractivity contribution in [1.82, 2.24) is 0 Å². The van der Waals surface area contributed by atoms with Crippen molar-refractivity contribution < 1.29 is 9.46 Å². The Morgan fingerprint density at radius 1 is 1.50 bits per heavy atom. The summed E-state index contributed by atoms with van der Waals surface area (Å²) in [5.74, 6) is 0. The Morgan fingerprint density at radius 3 is 2.57 bits per heavy atom. The Hall–Kier alpha value is -1.10. The van der Waals surface area contributed by atoms with Gasteiger partial charge in [-0.25, -0.2) is 0 Å². The third kappa shape index (κ3) is 2.23. The first-order valence-corrected chi connectivity index (χ1v) is 6.07. The van der Waals surface area contributed by atoms with E-state index < -0.39 is 13.0 Å². The third-order valence-corrected chi connectivity index (χ3v) is 4.53. The molecule has 1 aromatic rings. The molecule has 3 nitrogen and oxygen atoms in total. The molecule has 1 N–H and O–H groups in total. The molecule has 14 heavy (non-hydrogen) atoms. The van der Waals surface area contributed by atoms with E-state index in [0.29, 0.717) is 5.30 Å². The molecule has 0 radical (unpaired) electrons. The van der Waals surface area contributed by atoms with E-state index in [9.17, 15) is 9.46 Å². The maximum absolute atomic E-state index is 11.9. The molecule has 74 valence electrons. The number of hydrogen-bond donors (Lipinski definition) is 1. The summed E-state index contributed by atoms with van der Waals surface area (Å²) < 4.78 is 11.9. The van der Waals surface area contributed by atoms with E-state index in [4.69, 9.17) is 5.26 Å². The molecule has 4 heteroatoms. The first-order valence-electron chi connectivity index (χ1n) is 4.34. The number of nitriles is 1. The highest BCUT2D eigenvalue weighted by Gasteiger charge is 2.28. The first kappa shape index (κ1) is 11.0. The van der Waals surface area contributed by atoms with E-state index in [0.717, 1.165) is 0 Å². The molecule has 1 aromatic carbocycles. The van der Waals surface area contributed by atoms with Crippen LogP contribution in [0.2, 0.25) is 0 Å². The number of nitrogens with zero attached hydrogens (tertiary/aromatic N) is 1. The second kappa shape index (κ2) is 4.41. The summed E-state index contributed by atoms with van der Waals surface area (Å²) in [6.45, 7) is 1.62. The summed E-state index contributed by atoms with van der Waals surface area (Å²) in [6.07, 6.45) is 0.0999. The van der Waals surface area contributed by atoms with E-state index in [1.807, 2.05) is 6.07 Å². The lowest BCUT2D eigenvalue weighted by atomic mass is 10.4. The topological polar surface area (TPSA) is 61.1 Å². The van der Waals surface area contributed by atoms with Gasteiger partial charge in [0.2, 0.25) is 7.37 Å². The van der Waals surface area contributed by atoms with Crippen molar-refractivity contribution in [3.05, 3.63) is 30.3 Å². The second-order valence-electron chi connectivity index (χ2n) is 3.17. The molecular formula is C10H12NO2P. The fourth-order valence-corrected chi connectivity index (χ4v) is 2.59. The Morgan fingerprint density at radius 2 is 2.07 bits per heavy atom. The van der Waals surface area contributed by atoms with Crippen LogP contribution in [0, 0.1) is 11.3 Å². The van der Waals surface area contributed by atoms with Gasteiger partial charge in [0.1, 0.15) is 0 Å². The largest absolute Gasteiger partial charge is 0.341 e. The van der Waals surface area contributed by atoms with E-state index >= 15 is 0 Å². The van der Waals surface area contributed by atoms with Crippen LogP contribution in [-0.4, -0.2) is 10.6 Å². The van der Waals surface area contributed by atoms with Crippen molar-refractivity contribution in [2.24, 2.45) is 0 Å². The Bertz CT molecular complexity index is 383. The highest BCUT2D eigenvalue weighted by Crippen LogP contribution is 2.45. The lowest BCUT2D eigenvalue weighted by Gasteiger charge is -2.16. The van der Waals surface area contributed by atoms with Gasteiger partial charge in [-0.15, -0.1) is 0 Å². The van der Waals surface area contributed by atoms with Crippen LogP contribution in [0.15, 0.2) is 30.3 Å². The van der Waals surface area contributed by atoms with Crippen molar-refractivity contribution in [2.45, 2.75) is 19.0 Å². The summed E-state index contributed by atoms with van der Waals surface area (Å²) in [6, 6.07) is 10.4. The van der Waals surface area contributed by atoms with Crippen LogP contribution >= 0.6 is 7.37 Å². The van der Waals surface area contributed by atoms with Crippen molar-refractivity contribution in [3.63, 3.8) is 0 Å². The van der Waals surface area contributed by atoms with Crippen LogP contribution in [0.1, 0.15) is 13.3 Å². The third-order valence-electron chi connectivity index (χ3n) is 2.11. The van der Waals surface area contributed by atoms with Gasteiger partial charge < -0.3 is 4.89 Å². The summed E-state index contributed by atoms with van der Waals surface area (Å²) in [4.78, 5) is 9.79. The SMILES string of the molecule is CC(CC#N)P(=O)(O)c1ccccc1. The monoisotopic (exact) mass is 209 g/mol. The van der Waals surface area contributed by atoms with Gasteiger partial charge in [0.05, 0.1) is 11.7 Å². The average molecular weight is 209 g/mol. The van der Waals surface area contributed by atoms with Gasteiger partial charge >= 0.3 is 0 Å². The quantitative estimate of drug-likeness (QED) is 0.773. The Balaban J connectivity index is 2.98. The highest BCUT2D eigenvalue weighted by atomic mass is 31.2. The van der Waals surface area contributed by atoms with Gasteiger partial charge in [-0.2, -0.15) is 5.26 Å². The molecular weight excluding hydrogens is 197 g/mol. The fourth-order valence-electron chi connectivity index (χ4n) is 1.15. The van der Waals surface area contributed by atoms with Crippen LogP contribution < -0.4 is 5.30 Å². The molecule has 0 aliphatic carbocycles. The molecule has 0 aliphatic rings. The molecule has 1 rings (SSSR count). The average Bonchev–Trinajstić information content (AvgIpc) is 2.19. The van der Waals surface area contributed by atoms with Crippen molar-refractivity contribution in [3.8, 4) is 6.07 Å². The fraction of sp³-hybridized carbons (Fsp3) is 0.300. The zero-order valence-corrected chi connectivity index (χ0v) is 8.82. The first-order chi connectivity index (χ1) is 6.59. The van der Waals surface area contributed by atoms with E-state index in [1.165, 1.54) is 0 Å². The molecule has 0 fully saturated rings. The molecule has 0 bridgehead atoms. The molecule has 0 amide bonds. The van der Waals surface area contributed by atoms with Gasteiger partial charge in [0.25, 0.3) is 0 Å². The summed E-state index contributed by atoms with van der Waals surface area (Å²) >= 11 is 0. The van der Waals surface area contributed by atoms with Crippen LogP contribution in [0.4, 0.5) is 0 Å². The van der Waals surface area contributed by atoms with Crippen LogP contribution in [0.5, 0.6) is 0 Å². The predicted octanol–water partition coefficient (Wildman–Crippen LogP) is 1.88. The zero-order valence-electron chi connectivity index (χ0n) is 7.92.